The molecule has 1 aliphatic heterocycles. The number of amides is 1. The number of rotatable bonds is 4. The first-order valence-corrected chi connectivity index (χ1v) is 9.55. The number of nitrogens with two attached hydrogens (primary N) is 1. The lowest BCUT2D eigenvalue weighted by molar-refractivity contribution is -0.141. The lowest BCUT2D eigenvalue weighted by Gasteiger charge is -2.17. The van der Waals surface area contributed by atoms with E-state index in [1.807, 2.05) is 0 Å². The van der Waals surface area contributed by atoms with Gasteiger partial charge in [0.25, 0.3) is 5.91 Å². The van der Waals surface area contributed by atoms with Crippen LogP contribution in [0.1, 0.15) is 16.1 Å². The lowest BCUT2D eigenvalue weighted by atomic mass is 10.0. The molecule has 0 radical (unpaired) electrons. The highest BCUT2D eigenvalue weighted by molar-refractivity contribution is 6.03. The summed E-state index contributed by atoms with van der Waals surface area (Å²) in [4.78, 5) is 24.9. The fourth-order valence-electron chi connectivity index (χ4n) is 3.25. The number of aliphatic hydroxyl groups is 1. The smallest absolute Gasteiger partial charge is 0.396 e. The molecule has 1 saturated heterocycles. The van der Waals surface area contributed by atoms with Gasteiger partial charge in [-0.25, -0.2) is 4.98 Å². The van der Waals surface area contributed by atoms with Crippen LogP contribution in [0.5, 0.6) is 0 Å². The number of nitrogens with one attached hydrogen (secondary N) is 1. The van der Waals surface area contributed by atoms with Crippen molar-refractivity contribution in [1.82, 2.24) is 20.3 Å². The summed E-state index contributed by atoms with van der Waals surface area (Å²) in [6.45, 7) is 0.239. The maximum atomic E-state index is 13.0. The van der Waals surface area contributed by atoms with Crippen LogP contribution in [0.25, 0.3) is 22.5 Å². The number of alkyl halides is 3. The first kappa shape index (κ1) is 21.7. The van der Waals surface area contributed by atoms with Crippen LogP contribution >= 0.6 is 0 Å². The molecule has 4 N–H and O–H groups in total. The van der Waals surface area contributed by atoms with Crippen LogP contribution in [-0.4, -0.2) is 51.3 Å². The van der Waals surface area contributed by atoms with Crippen molar-refractivity contribution < 1.29 is 27.8 Å². The van der Waals surface area contributed by atoms with Crippen LogP contribution in [0, 0.1) is 0 Å². The zero-order valence-corrected chi connectivity index (χ0v) is 16.5. The van der Waals surface area contributed by atoms with Gasteiger partial charge in [-0.1, -0.05) is 0 Å². The minimum atomic E-state index is -4.58. The number of aliphatic hydroxyl groups excluding tert-OH is 1. The molecule has 3 aromatic heterocycles. The van der Waals surface area contributed by atoms with Crippen molar-refractivity contribution >= 4 is 11.6 Å². The average Bonchev–Trinajstić information content (AvgIpc) is 3.18. The predicted molar refractivity (Wildman–Crippen MR) is 108 cm³/mol. The van der Waals surface area contributed by atoms with Crippen molar-refractivity contribution in [3.05, 3.63) is 60.2 Å². The Hall–Kier alpha value is -3.57. The monoisotopic (exact) mass is 445 g/mol. The Labute approximate surface area is 180 Å². The van der Waals surface area contributed by atoms with E-state index in [2.05, 4.69) is 20.3 Å². The van der Waals surface area contributed by atoms with Crippen LogP contribution in [-0.2, 0) is 10.9 Å². The van der Waals surface area contributed by atoms with Gasteiger partial charge < -0.3 is 20.9 Å². The summed E-state index contributed by atoms with van der Waals surface area (Å²) in [5.41, 5.74) is 6.54. The molecule has 0 saturated carbocycles. The molecule has 4 rings (SSSR count). The summed E-state index contributed by atoms with van der Waals surface area (Å²) in [5, 5.41) is 12.6. The third-order valence-corrected chi connectivity index (χ3v) is 4.95. The van der Waals surface area contributed by atoms with E-state index >= 15 is 0 Å². The maximum absolute atomic E-state index is 13.0. The molecule has 11 heteroatoms. The number of nitrogen functional groups attached to an aromatic ring is 1. The highest BCUT2D eigenvalue weighted by atomic mass is 19.4. The molecule has 2 atom stereocenters. The molecule has 32 heavy (non-hydrogen) atoms. The SMILES string of the molecule is Nc1c(C(=O)N[C@H]2COC[C@@H]2O)cc(-c2ccc(C(F)(F)F)nc2)nc1-c1cccnc1. The fraction of sp³-hybridized carbons (Fsp3) is 0.238. The summed E-state index contributed by atoms with van der Waals surface area (Å²) < 4.78 is 43.8. The molecule has 1 fully saturated rings. The Morgan fingerprint density at radius 3 is 2.59 bits per heavy atom. The third kappa shape index (κ3) is 4.39. The molecule has 0 unspecified atom stereocenters. The summed E-state index contributed by atoms with van der Waals surface area (Å²) in [6, 6.07) is 6.16. The van der Waals surface area contributed by atoms with E-state index in [1.54, 1.807) is 18.3 Å². The van der Waals surface area contributed by atoms with Crippen molar-refractivity contribution in [2.24, 2.45) is 0 Å². The third-order valence-electron chi connectivity index (χ3n) is 4.95. The van der Waals surface area contributed by atoms with E-state index in [0.29, 0.717) is 5.56 Å². The number of halogens is 3. The first-order chi connectivity index (χ1) is 15.2. The molecule has 4 heterocycles. The lowest BCUT2D eigenvalue weighted by Crippen LogP contribution is -2.42. The Kier molecular flexibility index (Phi) is 5.76. The van der Waals surface area contributed by atoms with Crippen molar-refractivity contribution in [1.29, 1.82) is 0 Å². The molecule has 3 aromatic rings. The summed E-state index contributed by atoms with van der Waals surface area (Å²) in [7, 11) is 0. The summed E-state index contributed by atoms with van der Waals surface area (Å²) in [5.74, 6) is -0.578. The standard InChI is InChI=1S/C21H18F3N5O3/c22-21(23,24)17-4-3-11(8-27-17)14-6-13(20(31)29-15-9-32-10-16(15)30)18(25)19(28-14)12-2-1-5-26-7-12/h1-8,15-16,30H,9-10,25H2,(H,29,31)/t15-,16-/m0/s1. The van der Waals surface area contributed by atoms with E-state index in [0.717, 1.165) is 12.3 Å². The van der Waals surface area contributed by atoms with Crippen LogP contribution in [0.15, 0.2) is 48.9 Å². The Morgan fingerprint density at radius 2 is 2.00 bits per heavy atom. The van der Waals surface area contributed by atoms with Crippen molar-refractivity contribution in [3.8, 4) is 22.5 Å². The molecule has 166 valence electrons. The van der Waals surface area contributed by atoms with E-state index in [9.17, 15) is 23.1 Å². The normalized spacial score (nSPS) is 18.5. The van der Waals surface area contributed by atoms with E-state index in [4.69, 9.17) is 10.5 Å². The van der Waals surface area contributed by atoms with Gasteiger partial charge in [0.2, 0.25) is 0 Å². The zero-order valence-electron chi connectivity index (χ0n) is 16.5. The van der Waals surface area contributed by atoms with Crippen LogP contribution in [0.4, 0.5) is 18.9 Å². The molecule has 8 nitrogen and oxygen atoms in total. The average molecular weight is 445 g/mol. The Balaban J connectivity index is 1.78. The molecule has 1 amide bonds. The highest BCUT2D eigenvalue weighted by Gasteiger charge is 2.32. The van der Waals surface area contributed by atoms with E-state index < -0.39 is 29.9 Å². The van der Waals surface area contributed by atoms with Gasteiger partial charge in [0.1, 0.15) is 5.69 Å². The maximum Gasteiger partial charge on any atom is 0.433 e. The van der Waals surface area contributed by atoms with Gasteiger partial charge >= 0.3 is 6.18 Å². The molecular formula is C21H18F3N5O3. The van der Waals surface area contributed by atoms with Crippen LogP contribution in [0.3, 0.4) is 0 Å². The quantitative estimate of drug-likeness (QED) is 0.563. The predicted octanol–water partition coefficient (Wildman–Crippen LogP) is 2.30. The van der Waals surface area contributed by atoms with Crippen LogP contribution in [0.2, 0.25) is 0 Å². The van der Waals surface area contributed by atoms with Crippen molar-refractivity contribution in [2.75, 3.05) is 18.9 Å². The second kappa shape index (κ2) is 8.52. The van der Waals surface area contributed by atoms with Crippen LogP contribution < -0.4 is 11.1 Å². The zero-order chi connectivity index (χ0) is 22.9. The number of anilines is 1. The van der Waals surface area contributed by atoms with Crippen molar-refractivity contribution in [3.63, 3.8) is 0 Å². The second-order valence-electron chi connectivity index (χ2n) is 7.17. The van der Waals surface area contributed by atoms with Gasteiger partial charge in [-0.05, 0) is 30.3 Å². The number of aromatic nitrogens is 3. The van der Waals surface area contributed by atoms with E-state index in [-0.39, 0.29) is 41.4 Å². The van der Waals surface area contributed by atoms with Crippen molar-refractivity contribution in [2.45, 2.75) is 18.3 Å². The van der Waals surface area contributed by atoms with Gasteiger partial charge in [-0.15, -0.1) is 0 Å². The number of hydrogen-bond donors (Lipinski definition) is 3. The molecule has 1 aliphatic rings. The van der Waals surface area contributed by atoms with Gasteiger partial charge in [0.15, 0.2) is 0 Å². The van der Waals surface area contributed by atoms with Gasteiger partial charge in [-0.2, -0.15) is 13.2 Å². The Bertz CT molecular complexity index is 1120. The van der Waals surface area contributed by atoms with Gasteiger partial charge in [0.05, 0.1) is 48.0 Å². The number of ether oxygens (including phenoxy) is 1. The summed E-state index contributed by atoms with van der Waals surface area (Å²) >= 11 is 0. The van der Waals surface area contributed by atoms with Gasteiger partial charge in [-0.3, -0.25) is 14.8 Å². The first-order valence-electron chi connectivity index (χ1n) is 9.55. The number of pyridine rings is 3. The number of hydrogen-bond acceptors (Lipinski definition) is 7. The molecule has 0 bridgehead atoms. The minimum absolute atomic E-state index is 0.0489. The second-order valence-corrected chi connectivity index (χ2v) is 7.17. The largest absolute Gasteiger partial charge is 0.433 e. The topological polar surface area (TPSA) is 123 Å². The molecule has 0 aliphatic carbocycles. The number of nitrogens with zero attached hydrogens (tertiary/aromatic N) is 3. The van der Waals surface area contributed by atoms with Gasteiger partial charge in [0, 0.05) is 29.7 Å². The molecule has 0 aromatic carbocycles. The minimum Gasteiger partial charge on any atom is -0.396 e. The Morgan fingerprint density at radius 1 is 1.19 bits per heavy atom. The van der Waals surface area contributed by atoms with E-state index in [1.165, 1.54) is 18.3 Å². The highest BCUT2D eigenvalue weighted by Crippen LogP contribution is 2.32. The summed E-state index contributed by atoms with van der Waals surface area (Å²) in [6.07, 6.45) is -1.35. The number of carbonyl (C=O) groups excluding carboxylic acids is 1. The molecular weight excluding hydrogens is 427 g/mol. The number of carbonyl (C=O) groups is 1. The fourth-order valence-corrected chi connectivity index (χ4v) is 3.25. The molecule has 0 spiro atoms.